The van der Waals surface area contributed by atoms with Crippen LogP contribution in [0.25, 0.3) is 83.6 Å². The van der Waals surface area contributed by atoms with E-state index in [1.54, 1.807) is 0 Å². The Morgan fingerprint density at radius 3 is 1.69 bits per heavy atom. The van der Waals surface area contributed by atoms with Gasteiger partial charge in [-0.15, -0.1) is 0 Å². The monoisotopic (exact) mass is 748 g/mol. The summed E-state index contributed by atoms with van der Waals surface area (Å²) in [5.41, 5.74) is 15.5. The minimum Gasteiger partial charge on any atom is -0.247 e. The van der Waals surface area contributed by atoms with Crippen LogP contribution < -0.4 is 0 Å². The molecule has 0 spiro atoms. The fourth-order valence-corrected chi connectivity index (χ4v) is 8.02. The molecule has 9 rings (SSSR count). The molecule has 58 heavy (non-hydrogen) atoms. The summed E-state index contributed by atoms with van der Waals surface area (Å²) < 4.78 is 0. The Morgan fingerprint density at radius 1 is 0.517 bits per heavy atom. The van der Waals surface area contributed by atoms with Gasteiger partial charge in [0.25, 0.3) is 0 Å². The van der Waals surface area contributed by atoms with Gasteiger partial charge in [0.15, 0.2) is 0 Å². The number of benzene rings is 7. The Labute approximate surface area is 342 Å². The lowest BCUT2D eigenvalue weighted by atomic mass is 9.96. The predicted molar refractivity (Wildman–Crippen MR) is 252 cm³/mol. The van der Waals surface area contributed by atoms with Crippen molar-refractivity contribution in [1.82, 2.24) is 9.97 Å². The number of aromatic nitrogens is 2. The first-order valence-corrected chi connectivity index (χ1v) is 20.3. The van der Waals surface area contributed by atoms with Crippen LogP contribution in [-0.2, 0) is 6.42 Å². The Balaban J connectivity index is 0.00000231. The van der Waals surface area contributed by atoms with Crippen molar-refractivity contribution in [2.24, 2.45) is 0 Å². The van der Waals surface area contributed by atoms with Crippen LogP contribution in [0.5, 0.6) is 0 Å². The molecule has 0 atom stereocenters. The quantitative estimate of drug-likeness (QED) is 0.145. The van der Waals surface area contributed by atoms with E-state index in [1.165, 1.54) is 43.8 Å². The number of allylic oxidation sites excluding steroid dienone is 3. The van der Waals surface area contributed by atoms with Crippen molar-refractivity contribution in [2.75, 3.05) is 0 Å². The second-order valence-corrected chi connectivity index (χ2v) is 14.8. The highest BCUT2D eigenvalue weighted by molar-refractivity contribution is 5.97. The molecule has 0 aliphatic carbocycles. The molecule has 7 aromatic carbocycles. The molecule has 0 N–H and O–H groups in total. The van der Waals surface area contributed by atoms with E-state index in [0.29, 0.717) is 0 Å². The van der Waals surface area contributed by atoms with E-state index in [9.17, 15) is 0 Å². The molecule has 2 heterocycles. The SMILES string of the molecule is C=C(/C=C\c1ccc2ccc(-c3cccc(-c4ccc5ccc(/C=C\Cc6c(C)ccc7ccccc67)c(C)c5n4)c3)nc2c1C)c1cccc2ccccc12.CC. The number of nitrogens with zero attached hydrogens (tertiary/aromatic N) is 2. The molecule has 2 heteroatoms. The van der Waals surface area contributed by atoms with Crippen molar-refractivity contribution < 1.29 is 0 Å². The minimum absolute atomic E-state index is 0.882. The number of hydrogen-bond donors (Lipinski definition) is 0. The van der Waals surface area contributed by atoms with Crippen LogP contribution in [-0.4, -0.2) is 9.97 Å². The van der Waals surface area contributed by atoms with Crippen molar-refractivity contribution in [3.8, 4) is 22.5 Å². The molecule has 0 saturated carbocycles. The van der Waals surface area contributed by atoms with E-state index in [-0.39, 0.29) is 0 Å². The normalized spacial score (nSPS) is 11.5. The molecule has 0 saturated heterocycles. The summed E-state index contributed by atoms with van der Waals surface area (Å²) >= 11 is 0. The standard InChI is InChI=1S/C54H42N2.C2H6/c1-35(47-21-11-15-41-12-5-7-18-49(41)47)22-24-40-27-29-44-31-33-52(56-54(44)38(40)4)46-17-9-16-45(34-46)51-32-30-43-28-26-39(37(3)53(43)55-51)14-10-20-48-36(2)23-25-42-13-6-8-19-50(42)48;1-2/h5-19,21-34H,1,20H2,2-4H3;1-2H3/b14-10-,24-22-;. The largest absolute Gasteiger partial charge is 0.247 e. The first kappa shape index (κ1) is 38.0. The first-order chi connectivity index (χ1) is 28.4. The van der Waals surface area contributed by atoms with Gasteiger partial charge >= 0.3 is 0 Å². The van der Waals surface area contributed by atoms with Crippen LogP contribution in [0.3, 0.4) is 0 Å². The number of rotatable bonds is 8. The van der Waals surface area contributed by atoms with Crippen molar-refractivity contribution in [3.63, 3.8) is 0 Å². The molecule has 0 unspecified atom stereocenters. The number of pyridine rings is 2. The zero-order valence-electron chi connectivity index (χ0n) is 34.1. The second-order valence-electron chi connectivity index (χ2n) is 14.8. The average molecular weight is 749 g/mol. The Hall–Kier alpha value is -6.90. The third-order valence-corrected chi connectivity index (χ3v) is 11.3. The summed E-state index contributed by atoms with van der Waals surface area (Å²) in [7, 11) is 0. The summed E-state index contributed by atoms with van der Waals surface area (Å²) in [5.74, 6) is 0. The van der Waals surface area contributed by atoms with E-state index < -0.39 is 0 Å². The van der Waals surface area contributed by atoms with Crippen molar-refractivity contribution in [2.45, 2.75) is 41.0 Å². The predicted octanol–water partition coefficient (Wildman–Crippen LogP) is 15.4. The van der Waals surface area contributed by atoms with Gasteiger partial charge in [0, 0.05) is 21.9 Å². The van der Waals surface area contributed by atoms with Crippen LogP contribution in [0, 0.1) is 20.8 Å². The van der Waals surface area contributed by atoms with Crippen molar-refractivity contribution >= 4 is 61.1 Å². The third-order valence-electron chi connectivity index (χ3n) is 11.3. The molecule has 282 valence electrons. The summed E-state index contributed by atoms with van der Waals surface area (Å²) in [4.78, 5) is 10.5. The van der Waals surface area contributed by atoms with Gasteiger partial charge in [-0.05, 0) is 111 Å². The lowest BCUT2D eigenvalue weighted by Gasteiger charge is -2.11. The maximum atomic E-state index is 5.24. The number of fused-ring (bicyclic) bond motifs is 4. The molecular weight excluding hydrogens is 701 g/mol. The maximum absolute atomic E-state index is 5.24. The van der Waals surface area contributed by atoms with Gasteiger partial charge in [-0.1, -0.05) is 178 Å². The summed E-state index contributed by atoms with van der Waals surface area (Å²) in [6.45, 7) is 15.0. The number of hydrogen-bond acceptors (Lipinski definition) is 2. The topological polar surface area (TPSA) is 25.8 Å². The van der Waals surface area contributed by atoms with Gasteiger partial charge in [-0.3, -0.25) is 0 Å². The molecule has 0 amide bonds. The summed E-state index contributed by atoms with van der Waals surface area (Å²) in [6, 6.07) is 53.9. The minimum atomic E-state index is 0.882. The van der Waals surface area contributed by atoms with Gasteiger partial charge in [-0.2, -0.15) is 0 Å². The van der Waals surface area contributed by atoms with E-state index in [1.807, 2.05) is 13.8 Å². The van der Waals surface area contributed by atoms with Crippen LogP contribution in [0.15, 0.2) is 170 Å². The Morgan fingerprint density at radius 2 is 1.03 bits per heavy atom. The molecule has 9 aromatic rings. The van der Waals surface area contributed by atoms with Crippen LogP contribution in [0.4, 0.5) is 0 Å². The zero-order valence-corrected chi connectivity index (χ0v) is 34.1. The molecule has 0 radical (unpaired) electrons. The lowest BCUT2D eigenvalue weighted by molar-refractivity contribution is 1.25. The average Bonchev–Trinajstić information content (AvgIpc) is 3.28. The summed E-state index contributed by atoms with van der Waals surface area (Å²) in [6.07, 6.45) is 9.70. The van der Waals surface area contributed by atoms with E-state index in [0.717, 1.165) is 73.0 Å². The maximum Gasteiger partial charge on any atom is 0.0744 e. The molecule has 0 fully saturated rings. The molecule has 0 bridgehead atoms. The molecule has 0 aliphatic rings. The van der Waals surface area contributed by atoms with Crippen LogP contribution >= 0.6 is 0 Å². The zero-order chi connectivity index (χ0) is 40.2. The van der Waals surface area contributed by atoms with Gasteiger partial charge in [0.05, 0.1) is 22.4 Å². The van der Waals surface area contributed by atoms with Gasteiger partial charge in [0.2, 0.25) is 0 Å². The van der Waals surface area contributed by atoms with E-state index >= 15 is 0 Å². The number of aryl methyl sites for hydroxylation is 3. The van der Waals surface area contributed by atoms with Crippen molar-refractivity contribution in [3.05, 3.63) is 209 Å². The highest BCUT2D eigenvalue weighted by atomic mass is 14.7. The Kier molecular flexibility index (Phi) is 10.9. The van der Waals surface area contributed by atoms with Crippen molar-refractivity contribution in [1.29, 1.82) is 0 Å². The molecule has 2 nitrogen and oxygen atoms in total. The Bertz CT molecular complexity index is 3050. The van der Waals surface area contributed by atoms with Gasteiger partial charge in [0.1, 0.15) is 0 Å². The lowest BCUT2D eigenvalue weighted by Crippen LogP contribution is -1.93. The third kappa shape index (κ3) is 7.50. The molecule has 0 aliphatic heterocycles. The molecular formula is C56H48N2. The van der Waals surface area contributed by atoms with Crippen LogP contribution in [0.2, 0.25) is 0 Å². The van der Waals surface area contributed by atoms with E-state index in [4.69, 9.17) is 9.97 Å². The fourth-order valence-electron chi connectivity index (χ4n) is 8.02. The smallest absolute Gasteiger partial charge is 0.0744 e. The van der Waals surface area contributed by atoms with Gasteiger partial charge in [-0.25, -0.2) is 9.97 Å². The first-order valence-electron chi connectivity index (χ1n) is 20.3. The highest BCUT2D eigenvalue weighted by Gasteiger charge is 2.11. The fraction of sp³-hybridized carbons (Fsp3) is 0.107. The molecule has 2 aromatic heterocycles. The second kappa shape index (κ2) is 16.7. The van der Waals surface area contributed by atoms with E-state index in [2.05, 4.69) is 203 Å². The van der Waals surface area contributed by atoms with Gasteiger partial charge < -0.3 is 0 Å². The van der Waals surface area contributed by atoms with Crippen LogP contribution in [0.1, 0.15) is 52.8 Å². The summed E-state index contributed by atoms with van der Waals surface area (Å²) in [5, 5.41) is 7.30. The highest BCUT2D eigenvalue weighted by Crippen LogP contribution is 2.32.